The maximum Gasteiger partial charge on any atom is 0.315 e. The number of halogens is 1. The van der Waals surface area contributed by atoms with E-state index in [0.29, 0.717) is 24.8 Å². The van der Waals surface area contributed by atoms with E-state index in [-0.39, 0.29) is 30.9 Å². The third-order valence-corrected chi connectivity index (χ3v) is 3.98. The molecule has 0 bridgehead atoms. The summed E-state index contributed by atoms with van der Waals surface area (Å²) < 4.78 is 10.7. The van der Waals surface area contributed by atoms with Crippen LogP contribution in [0.15, 0.2) is 24.3 Å². The van der Waals surface area contributed by atoms with Crippen molar-refractivity contribution >= 4 is 29.2 Å². The minimum absolute atomic E-state index is 0.0332. The minimum atomic E-state index is -0.475. The van der Waals surface area contributed by atoms with Crippen molar-refractivity contribution < 1.29 is 19.1 Å². The van der Waals surface area contributed by atoms with Gasteiger partial charge in [0.05, 0.1) is 12.6 Å². The number of carbonyl (C=O) groups is 2. The van der Waals surface area contributed by atoms with Gasteiger partial charge in [-0.15, -0.1) is 0 Å². The Morgan fingerprint density at radius 1 is 1.28 bits per heavy atom. The lowest BCUT2D eigenvalue weighted by molar-refractivity contribution is -0.131. The van der Waals surface area contributed by atoms with E-state index in [1.807, 2.05) is 13.8 Å². The molecule has 1 saturated heterocycles. The van der Waals surface area contributed by atoms with E-state index in [1.165, 1.54) is 0 Å². The van der Waals surface area contributed by atoms with E-state index in [1.54, 1.807) is 29.2 Å². The standard InChI is InChI=1S/C17H24ClN3O4/c1-3-24-16(25-4-2)10-19-17(23)20-13-9-15(22)21(11-13)14-7-5-12(18)6-8-14/h5-8,13,16H,3-4,9-11H2,1-2H3,(H2,19,20,23)/t13-/m1/s1. The Labute approximate surface area is 152 Å². The molecule has 25 heavy (non-hydrogen) atoms. The molecule has 1 heterocycles. The third-order valence-electron chi connectivity index (χ3n) is 3.73. The summed E-state index contributed by atoms with van der Waals surface area (Å²) in [6, 6.07) is 6.45. The van der Waals surface area contributed by atoms with Crippen molar-refractivity contribution in [1.29, 1.82) is 0 Å². The summed E-state index contributed by atoms with van der Waals surface area (Å²) in [7, 11) is 0. The van der Waals surface area contributed by atoms with Crippen molar-refractivity contribution in [2.75, 3.05) is 31.2 Å². The van der Waals surface area contributed by atoms with Crippen LogP contribution in [0, 0.1) is 0 Å². The number of hydrogen-bond acceptors (Lipinski definition) is 4. The number of anilines is 1. The van der Waals surface area contributed by atoms with Gasteiger partial charge in [0.15, 0.2) is 6.29 Å². The van der Waals surface area contributed by atoms with Gasteiger partial charge >= 0.3 is 6.03 Å². The van der Waals surface area contributed by atoms with Crippen LogP contribution in [-0.2, 0) is 14.3 Å². The molecular weight excluding hydrogens is 346 g/mol. The van der Waals surface area contributed by atoms with E-state index in [4.69, 9.17) is 21.1 Å². The number of ether oxygens (including phenoxy) is 2. The highest BCUT2D eigenvalue weighted by Crippen LogP contribution is 2.23. The molecule has 0 radical (unpaired) electrons. The van der Waals surface area contributed by atoms with E-state index < -0.39 is 6.29 Å². The fraction of sp³-hybridized carbons (Fsp3) is 0.529. The lowest BCUT2D eigenvalue weighted by atomic mass is 10.2. The molecular formula is C17H24ClN3O4. The quantitative estimate of drug-likeness (QED) is 0.688. The molecule has 1 fully saturated rings. The van der Waals surface area contributed by atoms with Gasteiger partial charge in [0.2, 0.25) is 5.91 Å². The second-order valence-corrected chi connectivity index (χ2v) is 6.01. The van der Waals surface area contributed by atoms with Gasteiger partial charge in [0.1, 0.15) is 0 Å². The van der Waals surface area contributed by atoms with Crippen LogP contribution < -0.4 is 15.5 Å². The molecule has 1 aliphatic heterocycles. The molecule has 0 aromatic heterocycles. The smallest absolute Gasteiger partial charge is 0.315 e. The van der Waals surface area contributed by atoms with Crippen LogP contribution >= 0.6 is 11.6 Å². The Morgan fingerprint density at radius 3 is 2.52 bits per heavy atom. The van der Waals surface area contributed by atoms with Gasteiger partial charge in [-0.2, -0.15) is 0 Å². The lowest BCUT2D eigenvalue weighted by Crippen LogP contribution is -2.46. The second kappa shape index (κ2) is 9.60. The molecule has 0 unspecified atom stereocenters. The molecule has 3 amide bonds. The summed E-state index contributed by atoms with van der Waals surface area (Å²) in [5, 5.41) is 6.13. The highest BCUT2D eigenvalue weighted by molar-refractivity contribution is 6.30. The van der Waals surface area contributed by atoms with Gasteiger partial charge in [-0.3, -0.25) is 4.79 Å². The molecule has 1 aromatic carbocycles. The lowest BCUT2D eigenvalue weighted by Gasteiger charge is -2.19. The Hall–Kier alpha value is -1.83. The van der Waals surface area contributed by atoms with Gasteiger partial charge in [-0.1, -0.05) is 11.6 Å². The van der Waals surface area contributed by atoms with Crippen LogP contribution in [-0.4, -0.2) is 50.6 Å². The summed E-state index contributed by atoms with van der Waals surface area (Å²) in [5.41, 5.74) is 0.770. The van der Waals surface area contributed by atoms with Crippen LogP contribution in [0.2, 0.25) is 5.02 Å². The normalized spacial score (nSPS) is 17.2. The summed E-state index contributed by atoms with van der Waals surface area (Å²) in [6.07, 6.45) is -0.215. The monoisotopic (exact) mass is 369 g/mol. The van der Waals surface area contributed by atoms with Crippen LogP contribution in [0.3, 0.4) is 0 Å². The van der Waals surface area contributed by atoms with Gasteiger partial charge in [-0.25, -0.2) is 4.79 Å². The van der Waals surface area contributed by atoms with E-state index in [2.05, 4.69) is 10.6 Å². The topological polar surface area (TPSA) is 79.9 Å². The zero-order valence-corrected chi connectivity index (χ0v) is 15.2. The van der Waals surface area contributed by atoms with Crippen LogP contribution in [0.25, 0.3) is 0 Å². The maximum absolute atomic E-state index is 12.2. The van der Waals surface area contributed by atoms with Crippen molar-refractivity contribution in [1.82, 2.24) is 10.6 Å². The average Bonchev–Trinajstić information content (AvgIpc) is 2.94. The number of urea groups is 1. The van der Waals surface area contributed by atoms with Gasteiger partial charge < -0.3 is 25.0 Å². The zero-order chi connectivity index (χ0) is 18.2. The number of benzene rings is 1. The molecule has 7 nitrogen and oxygen atoms in total. The van der Waals surface area contributed by atoms with Crippen molar-refractivity contribution in [3.8, 4) is 0 Å². The highest BCUT2D eigenvalue weighted by atomic mass is 35.5. The molecule has 1 aromatic rings. The van der Waals surface area contributed by atoms with Crippen molar-refractivity contribution in [2.45, 2.75) is 32.6 Å². The van der Waals surface area contributed by atoms with Crippen LogP contribution in [0.1, 0.15) is 20.3 Å². The Morgan fingerprint density at radius 2 is 1.92 bits per heavy atom. The molecule has 0 saturated carbocycles. The predicted molar refractivity (Wildman–Crippen MR) is 95.8 cm³/mol. The fourth-order valence-corrected chi connectivity index (χ4v) is 2.75. The van der Waals surface area contributed by atoms with Gasteiger partial charge in [-0.05, 0) is 38.1 Å². The number of rotatable bonds is 8. The summed E-state index contributed by atoms with van der Waals surface area (Å²) in [4.78, 5) is 25.8. The number of nitrogens with zero attached hydrogens (tertiary/aromatic N) is 1. The van der Waals surface area contributed by atoms with Gasteiger partial charge in [0.25, 0.3) is 0 Å². The number of nitrogens with one attached hydrogen (secondary N) is 2. The van der Waals surface area contributed by atoms with E-state index >= 15 is 0 Å². The van der Waals surface area contributed by atoms with Crippen LogP contribution in [0.4, 0.5) is 10.5 Å². The average molecular weight is 370 g/mol. The van der Waals surface area contributed by atoms with Crippen molar-refractivity contribution in [2.24, 2.45) is 0 Å². The third kappa shape index (κ3) is 5.88. The summed E-state index contributed by atoms with van der Waals surface area (Å²) >= 11 is 5.87. The SMILES string of the molecule is CCOC(CNC(=O)N[C@@H]1CC(=O)N(c2ccc(Cl)cc2)C1)OCC. The summed E-state index contributed by atoms with van der Waals surface area (Å²) in [5.74, 6) is -0.0332. The first-order valence-corrected chi connectivity index (χ1v) is 8.74. The number of carbonyl (C=O) groups excluding carboxylic acids is 2. The molecule has 0 spiro atoms. The van der Waals surface area contributed by atoms with E-state index in [9.17, 15) is 9.59 Å². The predicted octanol–water partition coefficient (Wildman–Crippen LogP) is 2.14. The van der Waals surface area contributed by atoms with Crippen molar-refractivity contribution in [3.05, 3.63) is 29.3 Å². The number of amides is 3. The molecule has 0 aliphatic carbocycles. The molecule has 2 rings (SSSR count). The molecule has 1 atom stereocenters. The zero-order valence-electron chi connectivity index (χ0n) is 14.5. The highest BCUT2D eigenvalue weighted by Gasteiger charge is 2.31. The van der Waals surface area contributed by atoms with Crippen molar-refractivity contribution in [3.63, 3.8) is 0 Å². The maximum atomic E-state index is 12.2. The number of hydrogen-bond donors (Lipinski definition) is 2. The van der Waals surface area contributed by atoms with Gasteiger partial charge in [0, 0.05) is 36.9 Å². The Kier molecular flexibility index (Phi) is 7.49. The molecule has 1 aliphatic rings. The van der Waals surface area contributed by atoms with E-state index in [0.717, 1.165) is 5.69 Å². The first-order valence-electron chi connectivity index (χ1n) is 8.37. The first kappa shape index (κ1) is 19.5. The van der Waals surface area contributed by atoms with Crippen LogP contribution in [0.5, 0.6) is 0 Å². The Bertz CT molecular complexity index is 576. The first-order chi connectivity index (χ1) is 12.0. The second-order valence-electron chi connectivity index (χ2n) is 5.58. The largest absolute Gasteiger partial charge is 0.351 e. The fourth-order valence-electron chi connectivity index (χ4n) is 2.63. The molecule has 8 heteroatoms. The molecule has 2 N–H and O–H groups in total. The summed E-state index contributed by atoms with van der Waals surface area (Å²) in [6.45, 7) is 5.40. The Balaban J connectivity index is 1.82. The minimum Gasteiger partial charge on any atom is -0.351 e. The molecule has 138 valence electrons.